The van der Waals surface area contributed by atoms with Crippen LogP contribution in [0.15, 0.2) is 65.5 Å². The molecule has 3 N–H and O–H groups in total. The van der Waals surface area contributed by atoms with Gasteiger partial charge >= 0.3 is 0 Å². The van der Waals surface area contributed by atoms with E-state index in [0.29, 0.717) is 17.3 Å². The normalized spacial score (nSPS) is 14.8. The quantitative estimate of drug-likeness (QED) is 0.523. The topological polar surface area (TPSA) is 86.1 Å². The summed E-state index contributed by atoms with van der Waals surface area (Å²) in [5.41, 5.74) is 8.93. The van der Waals surface area contributed by atoms with Gasteiger partial charge in [0.05, 0.1) is 22.3 Å². The molecule has 1 saturated carbocycles. The molecule has 0 radical (unpaired) electrons. The highest BCUT2D eigenvalue weighted by Gasteiger charge is 2.45. The first-order valence-electron chi connectivity index (χ1n) is 9.41. The molecule has 1 fully saturated rings. The smallest absolute Gasteiger partial charge is 0.240 e. The lowest BCUT2D eigenvalue weighted by molar-refractivity contribution is -0.123. The third kappa shape index (κ3) is 3.10. The highest BCUT2D eigenvalue weighted by atomic mass is 35.5. The Bertz CT molecular complexity index is 1190. The van der Waals surface area contributed by atoms with Gasteiger partial charge in [-0.25, -0.2) is 4.98 Å². The van der Waals surface area contributed by atoms with Crippen LogP contribution in [0.4, 0.5) is 0 Å². The summed E-state index contributed by atoms with van der Waals surface area (Å²) in [6, 6.07) is 15.9. The van der Waals surface area contributed by atoms with Crippen molar-refractivity contribution in [3.63, 3.8) is 0 Å². The summed E-state index contributed by atoms with van der Waals surface area (Å²) in [4.78, 5) is 16.1. The summed E-state index contributed by atoms with van der Waals surface area (Å²) in [6.07, 6.45) is 4.55. The number of carbonyl (C=O) groups excluding carboxylic acids is 1. The monoisotopic (exact) mass is 406 g/mol. The molecular weight excluding hydrogens is 388 g/mol. The Hall–Kier alpha value is -3.09. The highest BCUT2D eigenvalue weighted by Crippen LogP contribution is 2.39. The maximum atomic E-state index is 12.0. The lowest BCUT2D eigenvalue weighted by Gasteiger charge is -2.12. The van der Waals surface area contributed by atoms with Crippen LogP contribution in [0.2, 0.25) is 5.02 Å². The molecule has 6 nitrogen and oxygen atoms in total. The number of hydrogen-bond acceptors (Lipinski definition) is 4. The standard InChI is InChI=1S/C22H19ClN4O2/c23-19-16-3-1-2-4-17(16)27(20(19)18-12-25-13-29-18)15-7-5-14(6-8-15)11-26-21(28)22(24)9-10-22/h1-8,12-13H,9-11,24H2,(H,26,28). The van der Waals surface area contributed by atoms with E-state index in [2.05, 4.69) is 14.9 Å². The van der Waals surface area contributed by atoms with Crippen LogP contribution in [0.25, 0.3) is 28.0 Å². The minimum absolute atomic E-state index is 0.0858. The van der Waals surface area contributed by atoms with Gasteiger partial charge in [-0.3, -0.25) is 4.79 Å². The van der Waals surface area contributed by atoms with Gasteiger partial charge in [0.1, 0.15) is 5.69 Å². The van der Waals surface area contributed by atoms with Gasteiger partial charge in [0, 0.05) is 17.6 Å². The predicted octanol–water partition coefficient (Wildman–Crippen LogP) is 4.05. The number of halogens is 1. The number of rotatable bonds is 5. The van der Waals surface area contributed by atoms with Crippen molar-refractivity contribution in [2.75, 3.05) is 0 Å². The summed E-state index contributed by atoms with van der Waals surface area (Å²) >= 11 is 6.70. The number of nitrogens with two attached hydrogens (primary N) is 1. The van der Waals surface area contributed by atoms with Gasteiger partial charge in [-0.15, -0.1) is 0 Å². The highest BCUT2D eigenvalue weighted by molar-refractivity contribution is 6.38. The molecule has 0 atom stereocenters. The average molecular weight is 407 g/mol. The Morgan fingerprint density at radius 2 is 1.97 bits per heavy atom. The molecule has 0 unspecified atom stereocenters. The van der Waals surface area contributed by atoms with Crippen LogP contribution < -0.4 is 11.1 Å². The number of para-hydroxylation sites is 1. The first-order chi connectivity index (χ1) is 14.1. The molecule has 1 amide bonds. The van der Waals surface area contributed by atoms with E-state index < -0.39 is 5.54 Å². The van der Waals surface area contributed by atoms with Crippen molar-refractivity contribution in [1.29, 1.82) is 0 Å². The number of oxazole rings is 1. The molecule has 2 aromatic heterocycles. The van der Waals surface area contributed by atoms with Crippen molar-refractivity contribution >= 4 is 28.4 Å². The van der Waals surface area contributed by atoms with Gasteiger partial charge in [-0.1, -0.05) is 41.9 Å². The fourth-order valence-corrected chi connectivity index (χ4v) is 3.84. The van der Waals surface area contributed by atoms with Gasteiger partial charge < -0.3 is 20.0 Å². The van der Waals surface area contributed by atoms with E-state index in [0.717, 1.165) is 40.7 Å². The zero-order chi connectivity index (χ0) is 20.0. The SMILES string of the molecule is NC1(C(=O)NCc2ccc(-n3c(-c4cnco4)c(Cl)c4ccccc43)cc2)CC1. The Kier molecular flexibility index (Phi) is 4.19. The van der Waals surface area contributed by atoms with Crippen LogP contribution in [0.5, 0.6) is 0 Å². The van der Waals surface area contributed by atoms with Crippen molar-refractivity contribution in [2.24, 2.45) is 5.73 Å². The number of nitrogens with one attached hydrogen (secondary N) is 1. The molecule has 0 saturated heterocycles. The van der Waals surface area contributed by atoms with Crippen LogP contribution >= 0.6 is 11.6 Å². The van der Waals surface area contributed by atoms with E-state index in [-0.39, 0.29) is 5.91 Å². The molecule has 1 aliphatic rings. The Morgan fingerprint density at radius 1 is 1.21 bits per heavy atom. The minimum atomic E-state index is -0.660. The second-order valence-corrected chi connectivity index (χ2v) is 7.76. The lowest BCUT2D eigenvalue weighted by atomic mass is 10.2. The third-order valence-corrected chi connectivity index (χ3v) is 5.75. The molecular formula is C22H19ClN4O2. The number of benzene rings is 2. The Labute approximate surface area is 172 Å². The Balaban J connectivity index is 1.51. The molecule has 0 spiro atoms. The van der Waals surface area contributed by atoms with E-state index >= 15 is 0 Å². The van der Waals surface area contributed by atoms with Crippen molar-refractivity contribution in [3.8, 4) is 17.1 Å². The zero-order valence-electron chi connectivity index (χ0n) is 15.6. The van der Waals surface area contributed by atoms with Crippen LogP contribution in [0.3, 0.4) is 0 Å². The van der Waals surface area contributed by atoms with Gasteiger partial charge in [-0.2, -0.15) is 0 Å². The van der Waals surface area contributed by atoms with Crippen LogP contribution in [-0.4, -0.2) is 21.0 Å². The molecule has 2 aromatic carbocycles. The second-order valence-electron chi connectivity index (χ2n) is 7.39. The molecule has 5 rings (SSSR count). The van der Waals surface area contributed by atoms with Crippen molar-refractivity contribution < 1.29 is 9.21 Å². The first-order valence-corrected chi connectivity index (χ1v) is 9.79. The van der Waals surface area contributed by atoms with Gasteiger partial charge in [0.2, 0.25) is 5.91 Å². The van der Waals surface area contributed by atoms with E-state index in [1.807, 2.05) is 48.5 Å². The van der Waals surface area contributed by atoms with E-state index in [1.165, 1.54) is 6.39 Å². The zero-order valence-corrected chi connectivity index (χ0v) is 16.3. The maximum Gasteiger partial charge on any atom is 0.240 e. The molecule has 29 heavy (non-hydrogen) atoms. The molecule has 0 bridgehead atoms. The van der Waals surface area contributed by atoms with Crippen molar-refractivity contribution in [1.82, 2.24) is 14.9 Å². The summed E-state index contributed by atoms with van der Waals surface area (Å²) in [5.74, 6) is 0.512. The van der Waals surface area contributed by atoms with Gasteiger partial charge in [-0.05, 0) is 36.6 Å². The maximum absolute atomic E-state index is 12.0. The lowest BCUT2D eigenvalue weighted by Crippen LogP contribution is -2.42. The van der Waals surface area contributed by atoms with E-state index in [4.69, 9.17) is 21.8 Å². The van der Waals surface area contributed by atoms with Crippen molar-refractivity contribution in [2.45, 2.75) is 24.9 Å². The number of aromatic nitrogens is 2. The molecule has 1 aliphatic carbocycles. The molecule has 2 heterocycles. The largest absolute Gasteiger partial charge is 0.442 e. The van der Waals surface area contributed by atoms with E-state index in [1.54, 1.807) is 6.20 Å². The minimum Gasteiger partial charge on any atom is -0.442 e. The van der Waals surface area contributed by atoms with Crippen LogP contribution in [0.1, 0.15) is 18.4 Å². The van der Waals surface area contributed by atoms with Gasteiger partial charge in [0.25, 0.3) is 0 Å². The third-order valence-electron chi connectivity index (χ3n) is 5.37. The molecule has 0 aliphatic heterocycles. The Morgan fingerprint density at radius 3 is 2.66 bits per heavy atom. The summed E-state index contributed by atoms with van der Waals surface area (Å²) in [7, 11) is 0. The van der Waals surface area contributed by atoms with Crippen LogP contribution in [0, 0.1) is 0 Å². The first kappa shape index (κ1) is 18.0. The summed E-state index contributed by atoms with van der Waals surface area (Å²) in [6.45, 7) is 0.445. The van der Waals surface area contributed by atoms with E-state index in [9.17, 15) is 4.79 Å². The molecule has 7 heteroatoms. The molecule has 146 valence electrons. The summed E-state index contributed by atoms with van der Waals surface area (Å²) < 4.78 is 7.60. The summed E-state index contributed by atoms with van der Waals surface area (Å²) in [5, 5.41) is 4.47. The fraction of sp³-hybridized carbons (Fsp3) is 0.182. The number of hydrogen-bond donors (Lipinski definition) is 2. The second kappa shape index (κ2) is 6.76. The van der Waals surface area contributed by atoms with Gasteiger partial charge in [0.15, 0.2) is 12.2 Å². The van der Waals surface area contributed by atoms with Crippen LogP contribution in [-0.2, 0) is 11.3 Å². The average Bonchev–Trinajstić information content (AvgIpc) is 3.16. The van der Waals surface area contributed by atoms with Crippen molar-refractivity contribution in [3.05, 3.63) is 71.7 Å². The molecule has 4 aromatic rings. The number of nitrogens with zero attached hydrogens (tertiary/aromatic N) is 2. The fourth-order valence-electron chi connectivity index (χ4n) is 3.50. The predicted molar refractivity (Wildman–Crippen MR) is 112 cm³/mol. The number of fused-ring (bicyclic) bond motifs is 1. The number of carbonyl (C=O) groups is 1. The number of amides is 1.